The van der Waals surface area contributed by atoms with Gasteiger partial charge < -0.3 is 5.32 Å². The number of carbonyl (C=O) groups excluding carboxylic acids is 1. The van der Waals surface area contributed by atoms with Gasteiger partial charge in [0.25, 0.3) is 5.56 Å². The first-order valence-corrected chi connectivity index (χ1v) is 10.1. The van der Waals surface area contributed by atoms with E-state index in [-0.39, 0.29) is 23.9 Å². The normalized spacial score (nSPS) is 12.5. The molecule has 1 amide bonds. The molecule has 1 N–H and O–H groups in total. The van der Waals surface area contributed by atoms with Crippen LogP contribution in [-0.4, -0.2) is 21.5 Å². The third-order valence-corrected chi connectivity index (χ3v) is 5.78. The van der Waals surface area contributed by atoms with E-state index in [1.807, 2.05) is 43.5 Å². The number of hydrogen-bond acceptors (Lipinski definition) is 4. The Balaban J connectivity index is 1.85. The maximum Gasteiger partial charge on any atom is 0.262 e. The van der Waals surface area contributed by atoms with Crippen molar-refractivity contribution in [2.24, 2.45) is 5.92 Å². The minimum atomic E-state index is -0.0958. The van der Waals surface area contributed by atoms with Gasteiger partial charge in [0.2, 0.25) is 5.91 Å². The highest BCUT2D eigenvalue weighted by molar-refractivity contribution is 7.17. The van der Waals surface area contributed by atoms with Crippen LogP contribution in [0.4, 0.5) is 0 Å². The molecule has 0 bridgehead atoms. The summed E-state index contributed by atoms with van der Waals surface area (Å²) in [4.78, 5) is 30.3. The number of nitrogens with one attached hydrogen (secondary N) is 1. The van der Waals surface area contributed by atoms with Gasteiger partial charge in [-0.15, -0.1) is 11.3 Å². The molecule has 0 radical (unpaired) electrons. The Labute approximate surface area is 163 Å². The van der Waals surface area contributed by atoms with Crippen LogP contribution in [0.1, 0.15) is 32.8 Å². The van der Waals surface area contributed by atoms with Crippen LogP contribution in [0.5, 0.6) is 0 Å². The summed E-state index contributed by atoms with van der Waals surface area (Å²) in [6, 6.07) is 8.23. The first-order valence-electron chi connectivity index (χ1n) is 9.20. The van der Waals surface area contributed by atoms with Crippen LogP contribution in [0.25, 0.3) is 21.3 Å². The zero-order chi connectivity index (χ0) is 19.6. The molecule has 0 aliphatic carbocycles. The molecule has 3 rings (SSSR count). The van der Waals surface area contributed by atoms with Crippen molar-refractivity contribution >= 4 is 27.5 Å². The molecule has 1 aromatic carbocycles. The molecule has 2 heterocycles. The molecule has 3 aromatic rings. The van der Waals surface area contributed by atoms with Crippen molar-refractivity contribution in [2.75, 3.05) is 0 Å². The monoisotopic (exact) mass is 383 g/mol. The molecule has 0 saturated heterocycles. The van der Waals surface area contributed by atoms with Crippen LogP contribution < -0.4 is 10.9 Å². The van der Waals surface area contributed by atoms with Crippen molar-refractivity contribution < 1.29 is 4.79 Å². The second-order valence-electron chi connectivity index (χ2n) is 7.29. The first-order chi connectivity index (χ1) is 12.9. The number of nitrogens with zero attached hydrogens (tertiary/aromatic N) is 2. The molecule has 2 aromatic heterocycles. The van der Waals surface area contributed by atoms with Gasteiger partial charge in [0.1, 0.15) is 4.83 Å². The second kappa shape index (κ2) is 8.05. The lowest BCUT2D eigenvalue weighted by molar-refractivity contribution is -0.122. The van der Waals surface area contributed by atoms with Gasteiger partial charge in [0.05, 0.1) is 11.7 Å². The van der Waals surface area contributed by atoms with Gasteiger partial charge >= 0.3 is 0 Å². The summed E-state index contributed by atoms with van der Waals surface area (Å²) in [6.07, 6.45) is 1.80. The highest BCUT2D eigenvalue weighted by Gasteiger charge is 2.15. The van der Waals surface area contributed by atoms with E-state index in [1.165, 1.54) is 21.5 Å². The minimum Gasteiger partial charge on any atom is -0.353 e. The molecular weight excluding hydrogens is 358 g/mol. The van der Waals surface area contributed by atoms with Crippen molar-refractivity contribution in [1.82, 2.24) is 14.9 Å². The van der Waals surface area contributed by atoms with Crippen molar-refractivity contribution in [3.05, 3.63) is 51.9 Å². The van der Waals surface area contributed by atoms with Gasteiger partial charge in [0.15, 0.2) is 0 Å². The molecule has 0 aliphatic heterocycles. The fraction of sp³-hybridized carbons (Fsp3) is 0.381. The van der Waals surface area contributed by atoms with E-state index in [9.17, 15) is 9.59 Å². The third-order valence-electron chi connectivity index (χ3n) is 4.89. The predicted molar refractivity (Wildman–Crippen MR) is 111 cm³/mol. The van der Waals surface area contributed by atoms with E-state index >= 15 is 0 Å². The molecule has 0 spiro atoms. The van der Waals surface area contributed by atoms with Crippen molar-refractivity contribution in [2.45, 2.75) is 46.7 Å². The SMILES string of the molecule is Cc1ccc(-c2csc3ncn(CCC(=O)NC(C)C(C)C)c(=O)c23)cc1. The number of hydrogen-bond donors (Lipinski definition) is 1. The molecule has 0 saturated carbocycles. The van der Waals surface area contributed by atoms with Crippen LogP contribution in [0.3, 0.4) is 0 Å². The summed E-state index contributed by atoms with van der Waals surface area (Å²) in [5.41, 5.74) is 2.99. The number of benzene rings is 1. The molecule has 6 heteroatoms. The Morgan fingerprint density at radius 2 is 1.93 bits per heavy atom. The van der Waals surface area contributed by atoms with E-state index in [0.29, 0.717) is 17.8 Å². The summed E-state index contributed by atoms with van der Waals surface area (Å²) >= 11 is 1.47. The summed E-state index contributed by atoms with van der Waals surface area (Å²) < 4.78 is 1.53. The number of amides is 1. The predicted octanol–water partition coefficient (Wildman–Crippen LogP) is 3.98. The van der Waals surface area contributed by atoms with Gasteiger partial charge in [-0.25, -0.2) is 4.98 Å². The Hall–Kier alpha value is -2.47. The second-order valence-corrected chi connectivity index (χ2v) is 8.15. The first kappa shape index (κ1) is 19.3. The quantitative estimate of drug-likeness (QED) is 0.700. The maximum atomic E-state index is 13.0. The Morgan fingerprint density at radius 1 is 1.22 bits per heavy atom. The lowest BCUT2D eigenvalue weighted by atomic mass is 10.1. The van der Waals surface area contributed by atoms with Crippen LogP contribution in [0.2, 0.25) is 0 Å². The molecule has 142 valence electrons. The highest BCUT2D eigenvalue weighted by Crippen LogP contribution is 2.30. The van der Waals surface area contributed by atoms with E-state index < -0.39 is 0 Å². The van der Waals surface area contributed by atoms with Crippen LogP contribution in [-0.2, 0) is 11.3 Å². The van der Waals surface area contributed by atoms with Crippen LogP contribution >= 0.6 is 11.3 Å². The van der Waals surface area contributed by atoms with Crippen molar-refractivity contribution in [3.63, 3.8) is 0 Å². The zero-order valence-electron chi connectivity index (χ0n) is 16.2. The van der Waals surface area contributed by atoms with Gasteiger partial charge in [-0.05, 0) is 25.3 Å². The molecule has 27 heavy (non-hydrogen) atoms. The van der Waals surface area contributed by atoms with Gasteiger partial charge in [-0.1, -0.05) is 43.7 Å². The van der Waals surface area contributed by atoms with E-state index in [1.54, 1.807) is 6.33 Å². The number of carbonyl (C=O) groups is 1. The zero-order valence-corrected chi connectivity index (χ0v) is 17.0. The number of aryl methyl sites for hydroxylation is 2. The number of aromatic nitrogens is 2. The minimum absolute atomic E-state index is 0.0488. The summed E-state index contributed by atoms with van der Waals surface area (Å²) in [6.45, 7) is 8.48. The van der Waals surface area contributed by atoms with E-state index in [0.717, 1.165) is 16.0 Å². The topological polar surface area (TPSA) is 64.0 Å². The van der Waals surface area contributed by atoms with Crippen molar-refractivity contribution in [3.8, 4) is 11.1 Å². The van der Waals surface area contributed by atoms with Crippen LogP contribution in [0, 0.1) is 12.8 Å². The van der Waals surface area contributed by atoms with E-state index in [4.69, 9.17) is 0 Å². The Bertz CT molecular complexity index is 1000. The van der Waals surface area contributed by atoms with Gasteiger partial charge in [0, 0.05) is 30.0 Å². The molecular formula is C21H25N3O2S. The largest absolute Gasteiger partial charge is 0.353 e. The number of fused-ring (bicyclic) bond motifs is 1. The average molecular weight is 384 g/mol. The van der Waals surface area contributed by atoms with Gasteiger partial charge in [-0.2, -0.15) is 0 Å². The van der Waals surface area contributed by atoms with Crippen LogP contribution in [0.15, 0.2) is 40.8 Å². The third kappa shape index (κ3) is 4.27. The maximum absolute atomic E-state index is 13.0. The molecule has 0 fully saturated rings. The van der Waals surface area contributed by atoms with Crippen molar-refractivity contribution in [1.29, 1.82) is 0 Å². The Kier molecular flexibility index (Phi) is 5.75. The Morgan fingerprint density at radius 3 is 2.59 bits per heavy atom. The van der Waals surface area contributed by atoms with E-state index in [2.05, 4.69) is 24.1 Å². The summed E-state index contributed by atoms with van der Waals surface area (Å²) in [5, 5.41) is 5.58. The average Bonchev–Trinajstić information content (AvgIpc) is 3.06. The number of thiophene rings is 1. The fourth-order valence-corrected chi connectivity index (χ4v) is 3.69. The molecule has 0 aliphatic rings. The number of rotatable bonds is 6. The molecule has 1 unspecified atom stereocenters. The fourth-order valence-electron chi connectivity index (χ4n) is 2.79. The smallest absolute Gasteiger partial charge is 0.262 e. The standard InChI is InChI=1S/C21H25N3O2S/c1-13(2)15(4)23-18(25)9-10-24-12-22-20-19(21(24)26)17(11-27-20)16-7-5-14(3)6-8-16/h5-8,11-13,15H,9-10H2,1-4H3,(H,23,25). The summed E-state index contributed by atoms with van der Waals surface area (Å²) in [7, 11) is 0. The highest BCUT2D eigenvalue weighted by atomic mass is 32.1. The molecule has 5 nitrogen and oxygen atoms in total. The summed E-state index contributed by atoms with van der Waals surface area (Å²) in [5.74, 6) is 0.324. The molecule has 1 atom stereocenters. The van der Waals surface area contributed by atoms with Gasteiger partial charge in [-0.3, -0.25) is 14.2 Å². The lowest BCUT2D eigenvalue weighted by Crippen LogP contribution is -2.37. The lowest BCUT2D eigenvalue weighted by Gasteiger charge is -2.17.